The van der Waals surface area contributed by atoms with Gasteiger partial charge < -0.3 is 16.2 Å². The number of nitrogens with zero attached hydrogens (tertiary/aromatic N) is 2. The molecule has 1 aromatic carbocycles. The topological polar surface area (TPSA) is 79.1 Å². The van der Waals surface area contributed by atoms with E-state index in [0.717, 1.165) is 29.8 Å². The highest BCUT2D eigenvalue weighted by atomic mass is 16.5. The van der Waals surface area contributed by atoms with Crippen molar-refractivity contribution in [2.24, 2.45) is 5.73 Å². The Morgan fingerprint density at radius 1 is 1.28 bits per heavy atom. The number of anilines is 1. The molecular formula is C13H18N4O. The van der Waals surface area contributed by atoms with Crippen LogP contribution in [0, 0.1) is 0 Å². The summed E-state index contributed by atoms with van der Waals surface area (Å²) < 4.78 is 6.85. The molecule has 5 heteroatoms. The van der Waals surface area contributed by atoms with Gasteiger partial charge in [-0.15, -0.1) is 0 Å². The van der Waals surface area contributed by atoms with Crippen molar-refractivity contribution in [1.29, 1.82) is 0 Å². The molecule has 1 aromatic heterocycles. The first-order chi connectivity index (χ1) is 8.76. The predicted octanol–water partition coefficient (Wildman–Crippen LogP) is 1.35. The second kappa shape index (κ2) is 5.55. The van der Waals surface area contributed by atoms with E-state index in [1.165, 1.54) is 0 Å². The Kier molecular flexibility index (Phi) is 3.84. The van der Waals surface area contributed by atoms with Crippen molar-refractivity contribution in [3.8, 4) is 11.4 Å². The Bertz CT molecular complexity index is 504. The van der Waals surface area contributed by atoms with Crippen LogP contribution in [0.15, 0.2) is 30.5 Å². The third-order valence-corrected chi connectivity index (χ3v) is 2.85. The van der Waals surface area contributed by atoms with E-state index in [-0.39, 0.29) is 0 Å². The summed E-state index contributed by atoms with van der Waals surface area (Å²) in [4.78, 5) is 0. The first-order valence-corrected chi connectivity index (χ1v) is 5.93. The van der Waals surface area contributed by atoms with Crippen LogP contribution >= 0.6 is 0 Å². The van der Waals surface area contributed by atoms with Gasteiger partial charge >= 0.3 is 0 Å². The Morgan fingerprint density at radius 2 is 2.00 bits per heavy atom. The molecule has 18 heavy (non-hydrogen) atoms. The highest BCUT2D eigenvalue weighted by Crippen LogP contribution is 2.20. The van der Waals surface area contributed by atoms with Crippen LogP contribution in [-0.4, -0.2) is 23.4 Å². The van der Waals surface area contributed by atoms with Crippen LogP contribution in [0.2, 0.25) is 0 Å². The lowest BCUT2D eigenvalue weighted by atomic mass is 10.2. The normalized spacial score (nSPS) is 10.6. The van der Waals surface area contributed by atoms with Crippen molar-refractivity contribution in [1.82, 2.24) is 9.78 Å². The van der Waals surface area contributed by atoms with Crippen molar-refractivity contribution in [3.63, 3.8) is 0 Å². The lowest BCUT2D eigenvalue weighted by molar-refractivity contribution is 0.414. The maximum atomic E-state index is 6.08. The average Bonchev–Trinajstić information content (AvgIpc) is 2.78. The summed E-state index contributed by atoms with van der Waals surface area (Å²) >= 11 is 0. The molecule has 0 aliphatic heterocycles. The van der Waals surface area contributed by atoms with Crippen molar-refractivity contribution < 1.29 is 4.74 Å². The second-order valence-corrected chi connectivity index (χ2v) is 4.06. The fourth-order valence-electron chi connectivity index (χ4n) is 1.81. The van der Waals surface area contributed by atoms with Crippen molar-refractivity contribution >= 4 is 5.82 Å². The zero-order valence-corrected chi connectivity index (χ0v) is 10.5. The van der Waals surface area contributed by atoms with Gasteiger partial charge in [0.1, 0.15) is 11.6 Å². The molecule has 0 radical (unpaired) electrons. The van der Waals surface area contributed by atoms with Crippen LogP contribution in [0.3, 0.4) is 0 Å². The van der Waals surface area contributed by atoms with E-state index >= 15 is 0 Å². The first-order valence-electron chi connectivity index (χ1n) is 5.93. The number of nitrogens with two attached hydrogens (primary N) is 2. The first kappa shape index (κ1) is 12.4. The highest BCUT2D eigenvalue weighted by Gasteiger charge is 2.08. The molecule has 4 N–H and O–H groups in total. The van der Waals surface area contributed by atoms with E-state index in [2.05, 4.69) is 5.10 Å². The third kappa shape index (κ3) is 2.46. The summed E-state index contributed by atoms with van der Waals surface area (Å²) in [5.41, 5.74) is 13.5. The summed E-state index contributed by atoms with van der Waals surface area (Å²) in [7, 11) is 1.64. The number of aromatic nitrogens is 2. The molecule has 5 nitrogen and oxygen atoms in total. The number of hydrogen-bond acceptors (Lipinski definition) is 4. The molecule has 2 rings (SSSR count). The number of rotatable bonds is 5. The molecule has 0 bridgehead atoms. The second-order valence-electron chi connectivity index (χ2n) is 4.06. The number of nitrogen functional groups attached to an aromatic ring is 1. The average molecular weight is 246 g/mol. The molecule has 0 fully saturated rings. The Hall–Kier alpha value is -2.01. The van der Waals surface area contributed by atoms with Crippen LogP contribution in [0.4, 0.5) is 5.82 Å². The van der Waals surface area contributed by atoms with Gasteiger partial charge in [0, 0.05) is 5.56 Å². The van der Waals surface area contributed by atoms with Crippen molar-refractivity contribution in [3.05, 3.63) is 36.0 Å². The van der Waals surface area contributed by atoms with Gasteiger partial charge in [-0.1, -0.05) is 0 Å². The van der Waals surface area contributed by atoms with Gasteiger partial charge in [-0.05, 0) is 43.7 Å². The lowest BCUT2D eigenvalue weighted by Crippen LogP contribution is -2.04. The molecule has 0 aliphatic rings. The van der Waals surface area contributed by atoms with Gasteiger partial charge in [0.15, 0.2) is 0 Å². The van der Waals surface area contributed by atoms with Crippen molar-refractivity contribution in [2.75, 3.05) is 19.4 Å². The Labute approximate surface area is 106 Å². The molecule has 0 saturated heterocycles. The number of methoxy groups -OCH3 is 1. The quantitative estimate of drug-likeness (QED) is 0.834. The van der Waals surface area contributed by atoms with E-state index in [1.807, 2.05) is 24.3 Å². The zero-order chi connectivity index (χ0) is 13.0. The number of hydrogen-bond donors (Lipinski definition) is 2. The molecule has 96 valence electrons. The Morgan fingerprint density at radius 3 is 2.61 bits per heavy atom. The van der Waals surface area contributed by atoms with Crippen molar-refractivity contribution in [2.45, 2.75) is 12.8 Å². The molecule has 0 saturated carbocycles. The maximum absolute atomic E-state index is 6.08. The number of benzene rings is 1. The number of ether oxygens (including phenoxy) is 1. The van der Waals surface area contributed by atoms with Crippen LogP contribution < -0.4 is 16.2 Å². The summed E-state index contributed by atoms with van der Waals surface area (Å²) in [6.07, 6.45) is 3.58. The van der Waals surface area contributed by atoms with Crippen LogP contribution in [-0.2, 0) is 6.42 Å². The fraction of sp³-hybridized carbons (Fsp3) is 0.308. The van der Waals surface area contributed by atoms with Gasteiger partial charge in [0.05, 0.1) is 19.0 Å². The highest BCUT2D eigenvalue weighted by molar-refractivity contribution is 5.48. The predicted molar refractivity (Wildman–Crippen MR) is 71.9 cm³/mol. The molecule has 0 aliphatic carbocycles. The van der Waals surface area contributed by atoms with Crippen LogP contribution in [0.5, 0.6) is 5.75 Å². The van der Waals surface area contributed by atoms with Gasteiger partial charge in [0.2, 0.25) is 0 Å². The molecule has 0 amide bonds. The fourth-order valence-corrected chi connectivity index (χ4v) is 1.81. The summed E-state index contributed by atoms with van der Waals surface area (Å²) in [5, 5.41) is 4.30. The van der Waals surface area contributed by atoms with Gasteiger partial charge in [-0.3, -0.25) is 0 Å². The van der Waals surface area contributed by atoms with E-state index < -0.39 is 0 Å². The van der Waals surface area contributed by atoms with Gasteiger partial charge in [-0.25, -0.2) is 4.68 Å². The summed E-state index contributed by atoms with van der Waals surface area (Å²) in [6, 6.07) is 7.62. The Balaban J connectivity index is 2.24. The summed E-state index contributed by atoms with van der Waals surface area (Å²) in [5.74, 6) is 1.49. The minimum atomic E-state index is 0.660. The summed E-state index contributed by atoms with van der Waals surface area (Å²) in [6.45, 7) is 0.660. The number of aryl methyl sites for hydroxylation is 1. The smallest absolute Gasteiger partial charge is 0.130 e. The van der Waals surface area contributed by atoms with E-state index in [9.17, 15) is 0 Å². The maximum Gasteiger partial charge on any atom is 0.130 e. The molecule has 1 heterocycles. The standard InChI is InChI=1S/C13H18N4O/c1-18-12-6-4-11(5-7-12)17-13(15)10(9-16-17)3-2-8-14/h4-7,9H,2-3,8,14-15H2,1H3. The van der Waals surface area contributed by atoms with Crippen LogP contribution in [0.25, 0.3) is 5.69 Å². The lowest BCUT2D eigenvalue weighted by Gasteiger charge is -2.06. The van der Waals surface area contributed by atoms with E-state index in [4.69, 9.17) is 16.2 Å². The van der Waals surface area contributed by atoms with E-state index in [0.29, 0.717) is 12.4 Å². The third-order valence-electron chi connectivity index (χ3n) is 2.85. The van der Waals surface area contributed by atoms with Gasteiger partial charge in [-0.2, -0.15) is 5.10 Å². The SMILES string of the molecule is COc1ccc(-n2ncc(CCCN)c2N)cc1. The molecule has 0 unspecified atom stereocenters. The molecule has 0 atom stereocenters. The minimum absolute atomic E-state index is 0.660. The molecule has 0 spiro atoms. The molecule has 2 aromatic rings. The zero-order valence-electron chi connectivity index (χ0n) is 10.5. The monoisotopic (exact) mass is 246 g/mol. The van der Waals surface area contributed by atoms with Crippen LogP contribution in [0.1, 0.15) is 12.0 Å². The minimum Gasteiger partial charge on any atom is -0.497 e. The van der Waals surface area contributed by atoms with E-state index in [1.54, 1.807) is 18.0 Å². The van der Waals surface area contributed by atoms with Gasteiger partial charge in [0.25, 0.3) is 0 Å². The largest absolute Gasteiger partial charge is 0.497 e. The molecular weight excluding hydrogens is 228 g/mol.